The van der Waals surface area contributed by atoms with Crippen LogP contribution < -0.4 is 10.1 Å². The number of nitrogens with one attached hydrogen (secondary N) is 1. The Labute approximate surface area is 116 Å². The van der Waals surface area contributed by atoms with Gasteiger partial charge in [-0.15, -0.1) is 0 Å². The summed E-state index contributed by atoms with van der Waals surface area (Å²) in [5, 5.41) is 3.55. The molecule has 1 saturated heterocycles. The number of benzene rings is 1. The summed E-state index contributed by atoms with van der Waals surface area (Å²) in [6, 6.07) is 8.96. The zero-order valence-corrected chi connectivity index (χ0v) is 12.2. The van der Waals surface area contributed by atoms with Gasteiger partial charge in [-0.2, -0.15) is 0 Å². The second-order valence-electron chi connectivity index (χ2n) is 5.35. The van der Waals surface area contributed by atoms with Crippen molar-refractivity contribution in [1.82, 2.24) is 10.2 Å². The van der Waals surface area contributed by atoms with Crippen LogP contribution in [0.4, 0.5) is 0 Å². The summed E-state index contributed by atoms with van der Waals surface area (Å²) >= 11 is 0. The molecular weight excluding hydrogens is 236 g/mol. The van der Waals surface area contributed by atoms with Gasteiger partial charge in [0.25, 0.3) is 0 Å². The van der Waals surface area contributed by atoms with Gasteiger partial charge < -0.3 is 10.1 Å². The van der Waals surface area contributed by atoms with Crippen LogP contribution in [0.25, 0.3) is 0 Å². The van der Waals surface area contributed by atoms with Crippen LogP contribution in [0.3, 0.4) is 0 Å². The van der Waals surface area contributed by atoms with E-state index in [2.05, 4.69) is 36.2 Å². The van der Waals surface area contributed by atoms with E-state index in [0.717, 1.165) is 32.0 Å². The Morgan fingerprint density at radius 1 is 1.32 bits per heavy atom. The maximum atomic E-state index is 5.80. The summed E-state index contributed by atoms with van der Waals surface area (Å²) < 4.78 is 5.80. The highest BCUT2D eigenvalue weighted by atomic mass is 16.5. The quantitative estimate of drug-likeness (QED) is 0.817. The van der Waals surface area contributed by atoms with Gasteiger partial charge in [0.1, 0.15) is 12.4 Å². The second kappa shape index (κ2) is 7.51. The topological polar surface area (TPSA) is 24.5 Å². The molecule has 0 aliphatic carbocycles. The molecule has 0 radical (unpaired) electrons. The van der Waals surface area contributed by atoms with E-state index in [0.29, 0.717) is 6.04 Å². The fourth-order valence-electron chi connectivity index (χ4n) is 2.53. The maximum absolute atomic E-state index is 5.80. The molecule has 0 spiro atoms. The van der Waals surface area contributed by atoms with Crippen LogP contribution in [0, 0.1) is 6.92 Å². The Morgan fingerprint density at radius 3 is 2.74 bits per heavy atom. The van der Waals surface area contributed by atoms with E-state index in [-0.39, 0.29) is 0 Å². The molecule has 1 aliphatic rings. The van der Waals surface area contributed by atoms with Gasteiger partial charge in [0.15, 0.2) is 0 Å². The highest BCUT2D eigenvalue weighted by Crippen LogP contribution is 2.11. The van der Waals surface area contributed by atoms with Crippen LogP contribution in [0.1, 0.15) is 25.3 Å². The van der Waals surface area contributed by atoms with Crippen molar-refractivity contribution in [2.75, 3.05) is 32.8 Å². The van der Waals surface area contributed by atoms with Crippen LogP contribution in [-0.2, 0) is 0 Å². The minimum absolute atomic E-state index is 0.680. The molecule has 0 bridgehead atoms. The fourth-order valence-corrected chi connectivity index (χ4v) is 2.53. The summed E-state index contributed by atoms with van der Waals surface area (Å²) in [5.74, 6) is 0.973. The first kappa shape index (κ1) is 14.4. The van der Waals surface area contributed by atoms with E-state index in [4.69, 9.17) is 4.74 Å². The van der Waals surface area contributed by atoms with Gasteiger partial charge >= 0.3 is 0 Å². The molecular formula is C16H26N2O. The first-order chi connectivity index (χ1) is 9.28. The molecule has 1 heterocycles. The van der Waals surface area contributed by atoms with Gasteiger partial charge in [0.05, 0.1) is 0 Å². The van der Waals surface area contributed by atoms with Gasteiger partial charge in [-0.3, -0.25) is 4.90 Å². The summed E-state index contributed by atoms with van der Waals surface area (Å²) in [7, 11) is 0. The first-order valence-corrected chi connectivity index (χ1v) is 7.43. The summed E-state index contributed by atoms with van der Waals surface area (Å²) in [6.45, 7) is 9.51. The third-order valence-corrected chi connectivity index (χ3v) is 3.79. The molecule has 1 aliphatic heterocycles. The van der Waals surface area contributed by atoms with Crippen molar-refractivity contribution >= 4 is 0 Å². The molecule has 1 aromatic rings. The molecule has 2 rings (SSSR count). The normalized spacial score (nSPS) is 19.0. The lowest BCUT2D eigenvalue weighted by Crippen LogP contribution is -2.39. The molecule has 3 nitrogen and oxygen atoms in total. The van der Waals surface area contributed by atoms with Crippen molar-refractivity contribution in [3.63, 3.8) is 0 Å². The Balaban J connectivity index is 1.69. The number of nitrogens with zero attached hydrogens (tertiary/aromatic N) is 1. The van der Waals surface area contributed by atoms with Gasteiger partial charge in [-0.25, -0.2) is 0 Å². The number of ether oxygens (including phenoxy) is 1. The standard InChI is InChI=1S/C16H26N2O/c1-3-18(13-15-5-4-10-17-15)11-12-19-16-8-6-14(2)7-9-16/h6-9,15,17H,3-5,10-13H2,1-2H3. The summed E-state index contributed by atoms with van der Waals surface area (Å²) in [6.07, 6.45) is 2.64. The Hall–Kier alpha value is -1.06. The van der Waals surface area contributed by atoms with E-state index < -0.39 is 0 Å². The molecule has 1 N–H and O–H groups in total. The third kappa shape index (κ3) is 4.84. The van der Waals surface area contributed by atoms with E-state index >= 15 is 0 Å². The fraction of sp³-hybridized carbons (Fsp3) is 0.625. The Morgan fingerprint density at radius 2 is 2.11 bits per heavy atom. The summed E-state index contributed by atoms with van der Waals surface area (Å²) in [4.78, 5) is 2.47. The number of likely N-dealkylation sites (N-methyl/N-ethyl adjacent to an activating group) is 1. The lowest BCUT2D eigenvalue weighted by atomic mass is 10.2. The van der Waals surface area contributed by atoms with Crippen molar-refractivity contribution in [2.24, 2.45) is 0 Å². The summed E-state index contributed by atoms with van der Waals surface area (Å²) in [5.41, 5.74) is 1.27. The number of hydrogen-bond donors (Lipinski definition) is 1. The molecule has 0 amide bonds. The lowest BCUT2D eigenvalue weighted by molar-refractivity contribution is 0.203. The Kier molecular flexibility index (Phi) is 5.67. The maximum Gasteiger partial charge on any atom is 0.119 e. The number of aryl methyl sites for hydroxylation is 1. The van der Waals surface area contributed by atoms with Crippen molar-refractivity contribution < 1.29 is 4.74 Å². The monoisotopic (exact) mass is 262 g/mol. The SMILES string of the molecule is CCN(CCOc1ccc(C)cc1)CC1CCCN1. The molecule has 106 valence electrons. The first-order valence-electron chi connectivity index (χ1n) is 7.43. The second-order valence-corrected chi connectivity index (χ2v) is 5.35. The molecule has 0 saturated carbocycles. The van der Waals surface area contributed by atoms with Gasteiger partial charge in [-0.05, 0) is 45.0 Å². The number of rotatable bonds is 7. The van der Waals surface area contributed by atoms with Gasteiger partial charge in [0, 0.05) is 19.1 Å². The predicted octanol–water partition coefficient (Wildman–Crippen LogP) is 2.45. The van der Waals surface area contributed by atoms with Crippen molar-refractivity contribution in [3.05, 3.63) is 29.8 Å². The van der Waals surface area contributed by atoms with E-state index in [1.54, 1.807) is 0 Å². The van der Waals surface area contributed by atoms with E-state index in [1.165, 1.54) is 24.9 Å². The lowest BCUT2D eigenvalue weighted by Gasteiger charge is -2.24. The molecule has 3 heteroatoms. The van der Waals surface area contributed by atoms with Gasteiger partial charge in [-0.1, -0.05) is 24.6 Å². The molecule has 0 aromatic heterocycles. The van der Waals surface area contributed by atoms with Crippen molar-refractivity contribution in [3.8, 4) is 5.75 Å². The molecule has 19 heavy (non-hydrogen) atoms. The zero-order valence-electron chi connectivity index (χ0n) is 12.2. The van der Waals surface area contributed by atoms with Crippen LogP contribution >= 0.6 is 0 Å². The van der Waals surface area contributed by atoms with Crippen molar-refractivity contribution in [2.45, 2.75) is 32.7 Å². The largest absolute Gasteiger partial charge is 0.492 e. The average Bonchev–Trinajstić information content (AvgIpc) is 2.93. The van der Waals surface area contributed by atoms with Gasteiger partial charge in [0.2, 0.25) is 0 Å². The van der Waals surface area contributed by atoms with E-state index in [1.807, 2.05) is 12.1 Å². The highest BCUT2D eigenvalue weighted by Gasteiger charge is 2.16. The number of hydrogen-bond acceptors (Lipinski definition) is 3. The van der Waals surface area contributed by atoms with Crippen LogP contribution in [0.15, 0.2) is 24.3 Å². The average molecular weight is 262 g/mol. The predicted molar refractivity (Wildman–Crippen MR) is 79.8 cm³/mol. The minimum atomic E-state index is 0.680. The minimum Gasteiger partial charge on any atom is -0.492 e. The molecule has 1 unspecified atom stereocenters. The smallest absolute Gasteiger partial charge is 0.119 e. The van der Waals surface area contributed by atoms with Crippen LogP contribution in [0.2, 0.25) is 0 Å². The third-order valence-electron chi connectivity index (χ3n) is 3.79. The van der Waals surface area contributed by atoms with Crippen LogP contribution in [-0.4, -0.2) is 43.7 Å². The van der Waals surface area contributed by atoms with E-state index in [9.17, 15) is 0 Å². The molecule has 1 aromatic carbocycles. The molecule has 1 atom stereocenters. The van der Waals surface area contributed by atoms with Crippen molar-refractivity contribution in [1.29, 1.82) is 0 Å². The highest BCUT2D eigenvalue weighted by molar-refractivity contribution is 5.26. The molecule has 1 fully saturated rings. The van der Waals surface area contributed by atoms with Crippen LogP contribution in [0.5, 0.6) is 5.75 Å². The Bertz CT molecular complexity index is 358. The zero-order chi connectivity index (χ0) is 13.5.